The van der Waals surface area contributed by atoms with Crippen LogP contribution in [-0.4, -0.2) is 32.9 Å². The standard InChI is InChI=1S/C32H36N4O4S2.2C2H6.H2S.H2/c1-4-6-25(19-32(35-33)36-34)24-8-10-26(11-9-24)40-20-23-7-14-31-29(18-23)30(21-41-31)28-13-12-27(17-22(28)2)39-15-5-16-42(3,37)38;2*1-2;;/h7-14,17-18,21,25H,5,15-16,19-20,33-34H2,1-3H3,(H,35,36);2*1-2H3;1H2;1H/t25-;;;;/m0..../s1. The van der Waals surface area contributed by atoms with Gasteiger partial charge in [-0.3, -0.25) is 0 Å². The molecule has 0 bridgehead atoms. The molecule has 11 heteroatoms. The van der Waals surface area contributed by atoms with Crippen molar-refractivity contribution in [3.63, 3.8) is 0 Å². The van der Waals surface area contributed by atoms with Gasteiger partial charge < -0.3 is 20.7 Å². The monoisotopic (exact) mass is 700 g/mol. The van der Waals surface area contributed by atoms with Crippen molar-refractivity contribution in [1.82, 2.24) is 5.43 Å². The van der Waals surface area contributed by atoms with E-state index in [2.05, 4.69) is 58.9 Å². The number of thiophene rings is 1. The molecule has 0 unspecified atom stereocenters. The van der Waals surface area contributed by atoms with E-state index in [9.17, 15) is 8.42 Å². The predicted octanol–water partition coefficient (Wildman–Crippen LogP) is 7.91. The van der Waals surface area contributed by atoms with Crippen LogP contribution in [0.25, 0.3) is 21.2 Å². The molecule has 3 aromatic carbocycles. The molecule has 1 heterocycles. The van der Waals surface area contributed by atoms with Crippen molar-refractivity contribution in [1.29, 1.82) is 0 Å². The smallest absolute Gasteiger partial charge is 0.147 e. The normalized spacial score (nSPS) is 11.4. The summed E-state index contributed by atoms with van der Waals surface area (Å²) in [6, 6.07) is 20.3. The molecule has 0 aliphatic rings. The van der Waals surface area contributed by atoms with E-state index >= 15 is 0 Å². The van der Waals surface area contributed by atoms with Gasteiger partial charge >= 0.3 is 0 Å². The lowest BCUT2D eigenvalue weighted by atomic mass is 9.95. The SMILES string of the molecule is CC.CC.CC#C[C@@H](C/C(=N/N)NN)c1ccc(OCc2ccc3scc(-c4ccc(OCCCS(C)(=O)=O)cc4C)c3c2)cc1.S.[HH]. The van der Waals surface area contributed by atoms with Crippen LogP contribution in [0.2, 0.25) is 0 Å². The summed E-state index contributed by atoms with van der Waals surface area (Å²) < 4.78 is 35.8. The highest BCUT2D eigenvalue weighted by Gasteiger charge is 2.14. The summed E-state index contributed by atoms with van der Waals surface area (Å²) in [6.07, 6.45) is 2.19. The molecule has 0 saturated carbocycles. The minimum Gasteiger partial charge on any atom is -0.494 e. The quantitative estimate of drug-likeness (QED) is 0.0342. The highest BCUT2D eigenvalue weighted by atomic mass is 32.2. The number of nitrogens with zero attached hydrogens (tertiary/aromatic N) is 1. The number of nitrogens with two attached hydrogens (primary N) is 2. The fourth-order valence-electron chi connectivity index (χ4n) is 4.65. The molecule has 258 valence electrons. The average molecular weight is 701 g/mol. The van der Waals surface area contributed by atoms with Crippen LogP contribution in [0, 0.1) is 18.8 Å². The van der Waals surface area contributed by atoms with Crippen molar-refractivity contribution in [2.24, 2.45) is 16.8 Å². The fourth-order valence-corrected chi connectivity index (χ4v) is 6.23. The van der Waals surface area contributed by atoms with Crippen molar-refractivity contribution in [3.8, 4) is 34.5 Å². The Kier molecular flexibility index (Phi) is 18.7. The molecule has 0 aliphatic heterocycles. The van der Waals surface area contributed by atoms with Crippen LogP contribution in [0.3, 0.4) is 0 Å². The Bertz CT molecular complexity index is 1730. The molecule has 0 fully saturated rings. The average Bonchev–Trinajstić information content (AvgIpc) is 3.49. The van der Waals surface area contributed by atoms with Crippen molar-refractivity contribution in [2.45, 2.75) is 66.9 Å². The number of nitrogens with one attached hydrogen (secondary N) is 1. The maximum atomic E-state index is 11.3. The lowest BCUT2D eigenvalue weighted by molar-refractivity contribution is 0.306. The summed E-state index contributed by atoms with van der Waals surface area (Å²) in [5.41, 5.74) is 8.00. The van der Waals surface area contributed by atoms with Crippen LogP contribution in [0.15, 0.2) is 71.1 Å². The van der Waals surface area contributed by atoms with Crippen molar-refractivity contribution in [2.75, 3.05) is 18.6 Å². The number of sulfone groups is 1. The number of hydrogen-bond acceptors (Lipinski definition) is 8. The van der Waals surface area contributed by atoms with Gasteiger partial charge in [0.1, 0.15) is 33.8 Å². The Balaban J connectivity index is 0.00000355. The number of hydrogen-bond donors (Lipinski definition) is 3. The largest absolute Gasteiger partial charge is 0.494 e. The van der Waals surface area contributed by atoms with Crippen LogP contribution in [0.4, 0.5) is 0 Å². The third kappa shape index (κ3) is 12.8. The Labute approximate surface area is 293 Å². The van der Waals surface area contributed by atoms with E-state index in [0.29, 0.717) is 31.9 Å². The van der Waals surface area contributed by atoms with E-state index in [1.165, 1.54) is 16.3 Å². The van der Waals surface area contributed by atoms with Crippen LogP contribution < -0.4 is 26.6 Å². The summed E-state index contributed by atoms with van der Waals surface area (Å²) in [5, 5.41) is 7.03. The molecule has 0 amide bonds. The van der Waals surface area contributed by atoms with E-state index < -0.39 is 9.84 Å². The lowest BCUT2D eigenvalue weighted by Crippen LogP contribution is -2.32. The van der Waals surface area contributed by atoms with Crippen LogP contribution >= 0.6 is 24.8 Å². The number of rotatable bonds is 12. The zero-order valence-electron chi connectivity index (χ0n) is 28.5. The van der Waals surface area contributed by atoms with E-state index in [0.717, 1.165) is 39.3 Å². The molecule has 0 saturated heterocycles. The second-order valence-electron chi connectivity index (χ2n) is 10.0. The third-order valence-electron chi connectivity index (χ3n) is 6.78. The van der Waals surface area contributed by atoms with Gasteiger partial charge in [-0.15, -0.1) is 17.3 Å². The first-order chi connectivity index (χ1) is 22.2. The Morgan fingerprint density at radius 2 is 1.68 bits per heavy atom. The first-order valence-electron chi connectivity index (χ1n) is 15.5. The first kappa shape index (κ1) is 41.3. The molecule has 1 atom stereocenters. The van der Waals surface area contributed by atoms with E-state index in [4.69, 9.17) is 21.2 Å². The van der Waals surface area contributed by atoms with Gasteiger partial charge in [-0.2, -0.15) is 18.6 Å². The number of fused-ring (bicyclic) bond motifs is 1. The molecule has 8 nitrogen and oxygen atoms in total. The van der Waals surface area contributed by atoms with Gasteiger partial charge in [-0.1, -0.05) is 57.9 Å². The maximum absolute atomic E-state index is 11.3. The Morgan fingerprint density at radius 1 is 1.00 bits per heavy atom. The second kappa shape index (κ2) is 21.2. The van der Waals surface area contributed by atoms with Gasteiger partial charge in [0.25, 0.3) is 0 Å². The zero-order valence-corrected chi connectivity index (χ0v) is 31.1. The van der Waals surface area contributed by atoms with Gasteiger partial charge in [0.2, 0.25) is 0 Å². The molecular weight excluding hydrogens is 649 g/mol. The lowest BCUT2D eigenvalue weighted by Gasteiger charge is -2.13. The Morgan fingerprint density at radius 3 is 2.28 bits per heavy atom. The number of benzene rings is 3. The highest BCUT2D eigenvalue weighted by Crippen LogP contribution is 2.37. The van der Waals surface area contributed by atoms with Gasteiger partial charge in [-0.25, -0.2) is 14.3 Å². The maximum Gasteiger partial charge on any atom is 0.147 e. The van der Waals surface area contributed by atoms with E-state index in [1.807, 2.05) is 64.1 Å². The molecule has 0 aliphatic carbocycles. The summed E-state index contributed by atoms with van der Waals surface area (Å²) in [4.78, 5) is 0. The fraction of sp³-hybridized carbons (Fsp3) is 0.361. The zero-order chi connectivity index (χ0) is 34.1. The molecule has 47 heavy (non-hydrogen) atoms. The highest BCUT2D eigenvalue weighted by molar-refractivity contribution is 7.90. The number of ether oxygens (including phenoxy) is 2. The van der Waals surface area contributed by atoms with Crippen molar-refractivity contribution < 1.29 is 19.3 Å². The summed E-state index contributed by atoms with van der Waals surface area (Å²) in [5.74, 6) is 19.0. The van der Waals surface area contributed by atoms with E-state index in [-0.39, 0.29) is 26.6 Å². The topological polar surface area (TPSA) is 129 Å². The number of hydrazine groups is 1. The molecule has 4 aromatic rings. The second-order valence-corrected chi connectivity index (χ2v) is 13.2. The minimum absolute atomic E-state index is 0. The van der Waals surface area contributed by atoms with Gasteiger partial charge in [0.05, 0.1) is 18.3 Å². The third-order valence-corrected chi connectivity index (χ3v) is 8.77. The summed E-state index contributed by atoms with van der Waals surface area (Å²) in [6.45, 7) is 12.7. The number of amidine groups is 1. The molecular formula is C36H52N4O4S3. The van der Waals surface area contributed by atoms with Gasteiger partial charge in [0.15, 0.2) is 0 Å². The predicted molar refractivity (Wildman–Crippen MR) is 208 cm³/mol. The molecule has 5 N–H and O–H groups in total. The summed E-state index contributed by atoms with van der Waals surface area (Å²) >= 11 is 1.71. The van der Waals surface area contributed by atoms with Gasteiger partial charge in [0, 0.05) is 29.8 Å². The first-order valence-corrected chi connectivity index (χ1v) is 18.4. The van der Waals surface area contributed by atoms with Crippen LogP contribution in [-0.2, 0) is 16.4 Å². The molecule has 1 aromatic heterocycles. The van der Waals surface area contributed by atoms with Crippen molar-refractivity contribution >= 4 is 50.6 Å². The number of hydrazone groups is 1. The van der Waals surface area contributed by atoms with Gasteiger partial charge in [-0.05, 0) is 84.3 Å². The van der Waals surface area contributed by atoms with Crippen LogP contribution in [0.1, 0.15) is 71.5 Å². The Hall–Kier alpha value is -3.69. The number of aryl methyl sites for hydroxylation is 1. The minimum atomic E-state index is -2.98. The molecule has 0 spiro atoms. The molecule has 4 rings (SSSR count). The van der Waals surface area contributed by atoms with Crippen LogP contribution in [0.5, 0.6) is 11.5 Å². The van der Waals surface area contributed by atoms with Crippen molar-refractivity contribution in [3.05, 3.63) is 82.7 Å². The molecule has 0 radical (unpaired) electrons. The summed E-state index contributed by atoms with van der Waals surface area (Å²) in [7, 11) is -2.98. The van der Waals surface area contributed by atoms with E-state index in [1.54, 1.807) is 18.3 Å².